The molecule has 0 aromatic heterocycles. The molecule has 0 saturated heterocycles. The van der Waals surface area contributed by atoms with E-state index in [0.29, 0.717) is 0 Å². The molecule has 0 aliphatic carbocycles. The van der Waals surface area contributed by atoms with Gasteiger partial charge in [0, 0.05) is 0 Å². The lowest BCUT2D eigenvalue weighted by Gasteiger charge is -1.84. The van der Waals surface area contributed by atoms with Gasteiger partial charge in [0.25, 0.3) is 0 Å². The average molecular weight is 124 g/mol. The minimum Gasteiger partial charge on any atom is -0.106 e. The van der Waals surface area contributed by atoms with Gasteiger partial charge in [0.15, 0.2) is 0 Å². The molecule has 0 rings (SSSR count). The van der Waals surface area contributed by atoms with Gasteiger partial charge in [-0.2, -0.15) is 0 Å². The van der Waals surface area contributed by atoms with Gasteiger partial charge in [-0.15, -0.1) is 14.4 Å². The van der Waals surface area contributed by atoms with Crippen LogP contribution in [-0.4, -0.2) is 17.6 Å². The van der Waals surface area contributed by atoms with Gasteiger partial charge in [-0.3, -0.25) is 0 Å². The maximum absolute atomic E-state index is 9.40. The second kappa shape index (κ2) is 2.68. The highest BCUT2D eigenvalue weighted by atomic mass is 32.2. The zero-order valence-corrected chi connectivity index (χ0v) is 4.90. The predicted octanol–water partition coefficient (Wildman–Crippen LogP) is -0.0124. The molecule has 0 amide bonds. The lowest BCUT2D eigenvalue weighted by atomic mass is 11.9. The Balaban J connectivity index is 3.13. The van der Waals surface area contributed by atoms with E-state index in [1.807, 2.05) is 0 Å². The van der Waals surface area contributed by atoms with E-state index in [0.717, 1.165) is 0 Å². The molecule has 4 nitrogen and oxygen atoms in total. The first-order valence-electron chi connectivity index (χ1n) is 1.53. The van der Waals surface area contributed by atoms with Crippen molar-refractivity contribution >= 4 is 11.2 Å². The van der Waals surface area contributed by atoms with Crippen LogP contribution in [-0.2, 0) is 15.5 Å². The molecule has 0 bridgehead atoms. The van der Waals surface area contributed by atoms with Crippen molar-refractivity contribution < 1.29 is 9.37 Å². The van der Waals surface area contributed by atoms with Gasteiger partial charge in [-0.1, -0.05) is 0 Å². The third-order valence-corrected chi connectivity index (χ3v) is 0.630. The number of nitrogens with zero attached hydrogens (tertiary/aromatic N) is 1. The van der Waals surface area contributed by atoms with Gasteiger partial charge in [0.2, 0.25) is 11.2 Å². The van der Waals surface area contributed by atoms with E-state index < -0.39 is 16.3 Å². The summed E-state index contributed by atoms with van der Waals surface area (Å²) >= 11 is -0.545. The summed E-state index contributed by atoms with van der Waals surface area (Å²) in [6.45, 7) is 0. The van der Waals surface area contributed by atoms with Crippen molar-refractivity contribution in [2.24, 2.45) is 0 Å². The van der Waals surface area contributed by atoms with E-state index in [1.54, 1.807) is 12.5 Å². The maximum Gasteiger partial charge on any atom is 0.336 e. The largest absolute Gasteiger partial charge is 0.336 e. The molecular weight excluding hydrogens is 118 g/mol. The zero-order chi connectivity index (χ0) is 5.86. The molecule has 0 aromatic rings. The van der Waals surface area contributed by atoms with Crippen molar-refractivity contribution in [2.75, 3.05) is 12.5 Å². The van der Waals surface area contributed by atoms with Crippen LogP contribution in [0.25, 0.3) is 0 Å². The van der Waals surface area contributed by atoms with E-state index in [1.165, 1.54) is 0 Å². The van der Waals surface area contributed by atoms with Crippen molar-refractivity contribution in [3.63, 3.8) is 0 Å². The normalized spacial score (nSPS) is 9.00. The molecule has 0 unspecified atom stereocenters. The first-order valence-corrected chi connectivity index (χ1v) is 3.50. The quantitative estimate of drug-likeness (QED) is 0.295. The summed E-state index contributed by atoms with van der Waals surface area (Å²) in [7, 11) is 0. The van der Waals surface area contributed by atoms with Crippen LogP contribution in [0, 0.1) is 10.1 Å². The number of hydrogen-bond acceptors (Lipinski definition) is 3. The minimum atomic E-state index is -0.789. The SMILES string of the molecule is C[S+](C)O[N+](=O)[O-]. The molecule has 0 fully saturated rings. The van der Waals surface area contributed by atoms with Crippen LogP contribution in [0.15, 0.2) is 0 Å². The first kappa shape index (κ1) is 6.55. The Hall–Kier alpha value is -0.450. The lowest BCUT2D eigenvalue weighted by Crippen LogP contribution is -2.07. The Morgan fingerprint density at radius 1 is 1.71 bits per heavy atom. The van der Waals surface area contributed by atoms with Crippen LogP contribution < -0.4 is 0 Å². The molecule has 5 heteroatoms. The third-order valence-electron chi connectivity index (χ3n) is 0.210. The van der Waals surface area contributed by atoms with Crippen molar-refractivity contribution in [3.8, 4) is 0 Å². The van der Waals surface area contributed by atoms with Crippen molar-refractivity contribution in [2.45, 2.75) is 0 Å². The van der Waals surface area contributed by atoms with Crippen molar-refractivity contribution in [1.82, 2.24) is 0 Å². The molecule has 0 radical (unpaired) electrons. The van der Waals surface area contributed by atoms with Crippen molar-refractivity contribution in [1.29, 1.82) is 0 Å². The highest BCUT2D eigenvalue weighted by Gasteiger charge is 2.07. The van der Waals surface area contributed by atoms with Crippen LogP contribution in [0.1, 0.15) is 0 Å². The molecule has 0 atom stereocenters. The summed E-state index contributed by atoms with van der Waals surface area (Å²) in [5.41, 5.74) is 0. The molecule has 42 valence electrons. The minimum absolute atomic E-state index is 0.545. The summed E-state index contributed by atoms with van der Waals surface area (Å²) in [5, 5.41) is 8.61. The van der Waals surface area contributed by atoms with Gasteiger partial charge >= 0.3 is 5.09 Å². The predicted molar refractivity (Wildman–Crippen MR) is 27.3 cm³/mol. The van der Waals surface area contributed by atoms with E-state index in [-0.39, 0.29) is 0 Å². The van der Waals surface area contributed by atoms with Crippen LogP contribution in [0.3, 0.4) is 0 Å². The highest BCUT2D eigenvalue weighted by molar-refractivity contribution is 7.90. The molecule has 0 spiro atoms. The van der Waals surface area contributed by atoms with Gasteiger partial charge < -0.3 is 0 Å². The fourth-order valence-electron chi connectivity index (χ4n) is 0.122. The molecule has 0 N–H and O–H groups in total. The van der Waals surface area contributed by atoms with E-state index in [2.05, 4.69) is 4.28 Å². The Labute approximate surface area is 44.1 Å². The Morgan fingerprint density at radius 3 is 2.14 bits per heavy atom. The number of rotatable bonds is 2. The smallest absolute Gasteiger partial charge is 0.106 e. The average Bonchev–Trinajstić information content (AvgIpc) is 1.27. The summed E-state index contributed by atoms with van der Waals surface area (Å²) in [5.74, 6) is 0. The highest BCUT2D eigenvalue weighted by Crippen LogP contribution is 1.84. The van der Waals surface area contributed by atoms with Crippen LogP contribution >= 0.6 is 0 Å². The van der Waals surface area contributed by atoms with Crippen LogP contribution in [0.5, 0.6) is 0 Å². The number of hydrogen-bond donors (Lipinski definition) is 0. The van der Waals surface area contributed by atoms with E-state index in [4.69, 9.17) is 0 Å². The Bertz CT molecular complexity index is 73.3. The zero-order valence-electron chi connectivity index (χ0n) is 4.08. The molecule has 0 aliphatic heterocycles. The summed E-state index contributed by atoms with van der Waals surface area (Å²) in [6.07, 6.45) is 3.26. The second-order valence-electron chi connectivity index (χ2n) is 1.04. The summed E-state index contributed by atoms with van der Waals surface area (Å²) in [4.78, 5) is 9.40. The maximum atomic E-state index is 9.40. The fourth-order valence-corrected chi connectivity index (χ4v) is 0.365. The summed E-state index contributed by atoms with van der Waals surface area (Å²) in [6, 6.07) is 0. The molecule has 7 heavy (non-hydrogen) atoms. The topological polar surface area (TPSA) is 52.4 Å². The van der Waals surface area contributed by atoms with E-state index in [9.17, 15) is 10.1 Å². The van der Waals surface area contributed by atoms with Crippen LogP contribution in [0.4, 0.5) is 0 Å². The molecule has 0 heterocycles. The first-order chi connectivity index (χ1) is 3.13. The Kier molecular flexibility index (Phi) is 2.51. The molecule has 0 aromatic carbocycles. The molecule has 0 aliphatic rings. The standard InChI is InChI=1S/C2H6NO3S/c1-7(2)6-3(4)5/h1-2H3/q+1. The molecular formula is C2H6NO3S+. The van der Waals surface area contributed by atoms with Gasteiger partial charge in [-0.05, 0) is 0 Å². The third kappa shape index (κ3) is 5.55. The van der Waals surface area contributed by atoms with E-state index >= 15 is 0 Å². The lowest BCUT2D eigenvalue weighted by molar-refractivity contribution is -0.709. The Morgan fingerprint density at radius 2 is 2.14 bits per heavy atom. The molecule has 0 saturated carbocycles. The van der Waals surface area contributed by atoms with Gasteiger partial charge in [0.05, 0.1) is 0 Å². The fraction of sp³-hybridized carbons (Fsp3) is 1.00. The second-order valence-corrected chi connectivity index (χ2v) is 2.67. The monoisotopic (exact) mass is 124 g/mol. The van der Waals surface area contributed by atoms with Gasteiger partial charge in [0.1, 0.15) is 12.5 Å². The van der Waals surface area contributed by atoms with Gasteiger partial charge in [-0.25, -0.2) is 0 Å². The van der Waals surface area contributed by atoms with Crippen molar-refractivity contribution in [3.05, 3.63) is 10.1 Å². The van der Waals surface area contributed by atoms with Crippen LogP contribution in [0.2, 0.25) is 0 Å². The summed E-state index contributed by atoms with van der Waals surface area (Å²) < 4.78 is 4.00.